The van der Waals surface area contributed by atoms with Gasteiger partial charge < -0.3 is 0 Å². The highest BCUT2D eigenvalue weighted by Crippen LogP contribution is 2.16. The van der Waals surface area contributed by atoms with Crippen LogP contribution in [0.1, 0.15) is 52.4 Å². The van der Waals surface area contributed by atoms with Gasteiger partial charge in [0.2, 0.25) is 0 Å². The molecule has 0 bridgehead atoms. The standard InChI is InChI=1S/C10H22S2/c1-3-6-10(12)8-5-7-9(11)4-2/h9-12H,3-8H2,1-2H3. The molecule has 0 spiro atoms. The Balaban J connectivity index is 3.18. The molecular weight excluding hydrogens is 184 g/mol. The van der Waals surface area contributed by atoms with Crippen LogP contribution in [0.3, 0.4) is 0 Å². The van der Waals surface area contributed by atoms with Crippen LogP contribution >= 0.6 is 25.3 Å². The van der Waals surface area contributed by atoms with Crippen molar-refractivity contribution >= 4 is 25.3 Å². The number of hydrogen-bond donors (Lipinski definition) is 2. The Morgan fingerprint density at radius 3 is 2.00 bits per heavy atom. The molecule has 2 atom stereocenters. The van der Waals surface area contributed by atoms with Crippen molar-refractivity contribution < 1.29 is 0 Å². The number of hydrogen-bond acceptors (Lipinski definition) is 2. The molecule has 0 amide bonds. The van der Waals surface area contributed by atoms with E-state index >= 15 is 0 Å². The largest absolute Gasteiger partial charge is 0.176 e. The van der Waals surface area contributed by atoms with Gasteiger partial charge in [0, 0.05) is 10.5 Å². The van der Waals surface area contributed by atoms with Gasteiger partial charge in [-0.05, 0) is 25.7 Å². The summed E-state index contributed by atoms with van der Waals surface area (Å²) in [7, 11) is 0. The maximum Gasteiger partial charge on any atom is 0.00167 e. The van der Waals surface area contributed by atoms with Gasteiger partial charge in [0.05, 0.1) is 0 Å². The van der Waals surface area contributed by atoms with E-state index in [1.54, 1.807) is 0 Å². The van der Waals surface area contributed by atoms with Crippen LogP contribution in [0.4, 0.5) is 0 Å². The lowest BCUT2D eigenvalue weighted by Crippen LogP contribution is -2.01. The SMILES string of the molecule is CCCC(S)CCCC(S)CC. The molecule has 12 heavy (non-hydrogen) atoms. The molecule has 0 saturated heterocycles. The molecule has 0 aromatic rings. The van der Waals surface area contributed by atoms with Gasteiger partial charge in [0.25, 0.3) is 0 Å². The van der Waals surface area contributed by atoms with Gasteiger partial charge >= 0.3 is 0 Å². The summed E-state index contributed by atoms with van der Waals surface area (Å²) in [6, 6.07) is 0. The van der Waals surface area contributed by atoms with E-state index in [9.17, 15) is 0 Å². The Kier molecular flexibility index (Phi) is 8.79. The summed E-state index contributed by atoms with van der Waals surface area (Å²) in [4.78, 5) is 0. The second-order valence-corrected chi connectivity index (χ2v) is 4.90. The Hall–Kier alpha value is 0.700. The van der Waals surface area contributed by atoms with E-state index in [1.807, 2.05) is 0 Å². The normalized spacial score (nSPS) is 16.0. The third-order valence-corrected chi connectivity index (χ3v) is 3.31. The average molecular weight is 206 g/mol. The Labute approximate surface area is 88.3 Å². The highest BCUT2D eigenvalue weighted by atomic mass is 32.1. The molecule has 0 radical (unpaired) electrons. The zero-order valence-electron chi connectivity index (χ0n) is 8.29. The van der Waals surface area contributed by atoms with Crippen molar-refractivity contribution in [2.24, 2.45) is 0 Å². The van der Waals surface area contributed by atoms with Crippen LogP contribution in [-0.2, 0) is 0 Å². The fourth-order valence-electron chi connectivity index (χ4n) is 1.27. The van der Waals surface area contributed by atoms with E-state index in [-0.39, 0.29) is 0 Å². The van der Waals surface area contributed by atoms with E-state index in [4.69, 9.17) is 0 Å². The van der Waals surface area contributed by atoms with Crippen LogP contribution in [0.5, 0.6) is 0 Å². The Bertz CT molecular complexity index is 93.8. The smallest absolute Gasteiger partial charge is 0.00167 e. The monoisotopic (exact) mass is 206 g/mol. The molecule has 0 saturated carbocycles. The predicted molar refractivity (Wildman–Crippen MR) is 64.6 cm³/mol. The minimum absolute atomic E-state index is 0.604. The summed E-state index contributed by atoms with van der Waals surface area (Å²) < 4.78 is 0. The molecule has 0 aliphatic rings. The van der Waals surface area contributed by atoms with Gasteiger partial charge in [-0.1, -0.05) is 26.7 Å². The zero-order valence-corrected chi connectivity index (χ0v) is 10.1. The van der Waals surface area contributed by atoms with E-state index in [0.717, 1.165) is 0 Å². The summed E-state index contributed by atoms with van der Waals surface area (Å²) in [6.45, 7) is 4.42. The highest BCUT2D eigenvalue weighted by molar-refractivity contribution is 7.81. The van der Waals surface area contributed by atoms with E-state index in [2.05, 4.69) is 39.1 Å². The van der Waals surface area contributed by atoms with E-state index in [0.29, 0.717) is 10.5 Å². The Morgan fingerprint density at radius 1 is 0.917 bits per heavy atom. The third kappa shape index (κ3) is 7.35. The van der Waals surface area contributed by atoms with Crippen LogP contribution in [0.25, 0.3) is 0 Å². The maximum absolute atomic E-state index is 4.52. The van der Waals surface area contributed by atoms with Crippen molar-refractivity contribution in [3.8, 4) is 0 Å². The molecule has 0 fully saturated rings. The van der Waals surface area contributed by atoms with Crippen molar-refractivity contribution in [2.45, 2.75) is 62.9 Å². The van der Waals surface area contributed by atoms with Crippen molar-refractivity contribution in [3.63, 3.8) is 0 Å². The fraction of sp³-hybridized carbons (Fsp3) is 1.00. The van der Waals surface area contributed by atoms with Gasteiger partial charge in [-0.3, -0.25) is 0 Å². The molecule has 2 unspecified atom stereocenters. The van der Waals surface area contributed by atoms with Gasteiger partial charge in [-0.2, -0.15) is 25.3 Å². The fourth-order valence-corrected chi connectivity index (χ4v) is 1.89. The topological polar surface area (TPSA) is 0 Å². The number of thiol groups is 2. The first-order valence-electron chi connectivity index (χ1n) is 5.06. The summed E-state index contributed by atoms with van der Waals surface area (Å²) in [6.07, 6.45) is 7.50. The first-order chi connectivity index (χ1) is 5.70. The molecular formula is C10H22S2. The van der Waals surface area contributed by atoms with Crippen LogP contribution in [0, 0.1) is 0 Å². The minimum atomic E-state index is 0.604. The van der Waals surface area contributed by atoms with Gasteiger partial charge in [0.15, 0.2) is 0 Å². The third-order valence-electron chi connectivity index (χ3n) is 2.17. The molecule has 0 nitrogen and oxygen atoms in total. The minimum Gasteiger partial charge on any atom is -0.176 e. The first kappa shape index (κ1) is 12.7. The molecule has 74 valence electrons. The van der Waals surface area contributed by atoms with Crippen molar-refractivity contribution in [3.05, 3.63) is 0 Å². The predicted octanol–water partition coefficient (Wildman–Crippen LogP) is 3.96. The lowest BCUT2D eigenvalue weighted by Gasteiger charge is -2.10. The van der Waals surface area contributed by atoms with Crippen molar-refractivity contribution in [1.82, 2.24) is 0 Å². The molecule has 0 aliphatic heterocycles. The summed E-state index contributed by atoms with van der Waals surface area (Å²) >= 11 is 8.98. The first-order valence-corrected chi connectivity index (χ1v) is 6.10. The van der Waals surface area contributed by atoms with Crippen LogP contribution < -0.4 is 0 Å². The lowest BCUT2D eigenvalue weighted by molar-refractivity contribution is 0.606. The average Bonchev–Trinajstić information content (AvgIpc) is 2.04. The van der Waals surface area contributed by atoms with E-state index < -0.39 is 0 Å². The Morgan fingerprint density at radius 2 is 1.50 bits per heavy atom. The van der Waals surface area contributed by atoms with Gasteiger partial charge in [-0.15, -0.1) is 0 Å². The molecule has 0 aromatic heterocycles. The molecule has 0 heterocycles. The van der Waals surface area contributed by atoms with Gasteiger partial charge in [-0.25, -0.2) is 0 Å². The van der Waals surface area contributed by atoms with Crippen LogP contribution in [0.15, 0.2) is 0 Å². The van der Waals surface area contributed by atoms with Crippen molar-refractivity contribution in [1.29, 1.82) is 0 Å². The molecule has 0 aromatic carbocycles. The second-order valence-electron chi connectivity index (χ2n) is 3.44. The lowest BCUT2D eigenvalue weighted by atomic mass is 10.1. The van der Waals surface area contributed by atoms with E-state index in [1.165, 1.54) is 38.5 Å². The quantitative estimate of drug-likeness (QED) is 0.579. The summed E-state index contributed by atoms with van der Waals surface area (Å²) in [5, 5.41) is 1.22. The van der Waals surface area contributed by atoms with Crippen molar-refractivity contribution in [2.75, 3.05) is 0 Å². The number of rotatable bonds is 7. The van der Waals surface area contributed by atoms with Crippen LogP contribution in [-0.4, -0.2) is 10.5 Å². The zero-order chi connectivity index (χ0) is 9.40. The summed E-state index contributed by atoms with van der Waals surface area (Å²) in [5.41, 5.74) is 0. The maximum atomic E-state index is 4.52. The molecule has 2 heteroatoms. The van der Waals surface area contributed by atoms with Crippen LogP contribution in [0.2, 0.25) is 0 Å². The summed E-state index contributed by atoms with van der Waals surface area (Å²) in [5.74, 6) is 0. The molecule has 0 N–H and O–H groups in total. The highest BCUT2D eigenvalue weighted by Gasteiger charge is 2.03. The molecule has 0 rings (SSSR count). The molecule has 0 aliphatic carbocycles. The van der Waals surface area contributed by atoms with Gasteiger partial charge in [0.1, 0.15) is 0 Å². The second kappa shape index (κ2) is 8.31.